The summed E-state index contributed by atoms with van der Waals surface area (Å²) in [6.07, 6.45) is 4.42. The van der Waals surface area contributed by atoms with Crippen molar-refractivity contribution in [1.82, 2.24) is 10.6 Å². The molecule has 2 heterocycles. The lowest BCUT2D eigenvalue weighted by atomic mass is 9.81. The number of nitrogens with one attached hydrogen (secondary N) is 2. The van der Waals surface area contributed by atoms with Crippen molar-refractivity contribution in [2.45, 2.75) is 37.9 Å². The number of guanidine groups is 1. The van der Waals surface area contributed by atoms with Crippen LogP contribution >= 0.6 is 35.7 Å². The Morgan fingerprint density at radius 2 is 2.14 bits per heavy atom. The molecular weight excluding hydrogens is 413 g/mol. The first kappa shape index (κ1) is 20.3. The summed E-state index contributed by atoms with van der Waals surface area (Å²) in [6.45, 7) is 6.25. The second-order valence-electron chi connectivity index (χ2n) is 5.98. The van der Waals surface area contributed by atoms with Gasteiger partial charge in [0.15, 0.2) is 5.96 Å². The third-order valence-electron chi connectivity index (χ3n) is 4.33. The lowest BCUT2D eigenvalue weighted by molar-refractivity contribution is -0.0106. The normalized spacial score (nSPS) is 24.6. The molecule has 0 aromatic carbocycles. The van der Waals surface area contributed by atoms with E-state index in [4.69, 9.17) is 9.73 Å². The highest BCUT2D eigenvalue weighted by molar-refractivity contribution is 14.0. The van der Waals surface area contributed by atoms with Crippen molar-refractivity contribution >= 4 is 41.7 Å². The molecule has 2 aliphatic heterocycles. The highest BCUT2D eigenvalue weighted by Crippen LogP contribution is 2.30. The van der Waals surface area contributed by atoms with Gasteiger partial charge in [0.05, 0.1) is 13.2 Å². The van der Waals surface area contributed by atoms with Crippen LogP contribution in [0.25, 0.3) is 0 Å². The Hall–Kier alpha value is 0.270. The zero-order valence-electron chi connectivity index (χ0n) is 13.5. The molecule has 0 bridgehead atoms. The van der Waals surface area contributed by atoms with Crippen molar-refractivity contribution in [3.8, 4) is 0 Å². The number of aliphatic hydroxyl groups is 1. The Bertz CT molecular complexity index is 333. The maximum atomic E-state index is 9.72. The summed E-state index contributed by atoms with van der Waals surface area (Å²) in [6, 6.07) is 0. The van der Waals surface area contributed by atoms with Gasteiger partial charge >= 0.3 is 0 Å². The maximum absolute atomic E-state index is 9.72. The Morgan fingerprint density at radius 1 is 1.36 bits per heavy atom. The summed E-state index contributed by atoms with van der Waals surface area (Å²) in [4.78, 5) is 4.71. The minimum absolute atomic E-state index is 0. The molecule has 0 radical (unpaired) electrons. The average molecular weight is 443 g/mol. The summed E-state index contributed by atoms with van der Waals surface area (Å²) in [5, 5.41) is 17.2. The van der Waals surface area contributed by atoms with Crippen LogP contribution in [-0.2, 0) is 4.74 Å². The fourth-order valence-electron chi connectivity index (χ4n) is 2.77. The van der Waals surface area contributed by atoms with Gasteiger partial charge in [0.1, 0.15) is 0 Å². The Kier molecular flexibility index (Phi) is 10.1. The van der Waals surface area contributed by atoms with Crippen molar-refractivity contribution < 1.29 is 9.84 Å². The van der Waals surface area contributed by atoms with Gasteiger partial charge in [-0.05, 0) is 38.4 Å². The molecule has 5 nitrogen and oxygen atoms in total. The van der Waals surface area contributed by atoms with E-state index in [9.17, 15) is 5.11 Å². The van der Waals surface area contributed by atoms with E-state index < -0.39 is 0 Å². The molecule has 2 rings (SSSR count). The molecule has 1 atom stereocenters. The van der Waals surface area contributed by atoms with Crippen molar-refractivity contribution in [2.75, 3.05) is 45.2 Å². The van der Waals surface area contributed by atoms with Gasteiger partial charge in [0.25, 0.3) is 0 Å². The van der Waals surface area contributed by atoms with E-state index in [1.165, 1.54) is 18.6 Å². The SMILES string of the molecule is CCNC(=NCC1(CO)CCOCC1)NCC1CCCS1.I. The molecule has 22 heavy (non-hydrogen) atoms. The number of aliphatic hydroxyl groups excluding tert-OH is 1. The van der Waals surface area contributed by atoms with Gasteiger partial charge in [-0.15, -0.1) is 24.0 Å². The van der Waals surface area contributed by atoms with Gasteiger partial charge < -0.3 is 20.5 Å². The van der Waals surface area contributed by atoms with Crippen LogP contribution in [0.3, 0.4) is 0 Å². The zero-order chi connectivity index (χ0) is 15.0. The van der Waals surface area contributed by atoms with E-state index in [2.05, 4.69) is 29.3 Å². The molecule has 2 fully saturated rings. The number of rotatable bonds is 6. The molecule has 0 aromatic rings. The van der Waals surface area contributed by atoms with Gasteiger partial charge in [-0.3, -0.25) is 4.99 Å². The van der Waals surface area contributed by atoms with Crippen molar-refractivity contribution in [1.29, 1.82) is 0 Å². The smallest absolute Gasteiger partial charge is 0.191 e. The minimum atomic E-state index is -0.0945. The van der Waals surface area contributed by atoms with E-state index in [-0.39, 0.29) is 36.0 Å². The van der Waals surface area contributed by atoms with Crippen LogP contribution in [-0.4, -0.2) is 61.5 Å². The first-order chi connectivity index (χ1) is 10.3. The van der Waals surface area contributed by atoms with Crippen LogP contribution in [0.2, 0.25) is 0 Å². The highest BCUT2D eigenvalue weighted by atomic mass is 127. The molecule has 0 aliphatic carbocycles. The molecule has 0 aromatic heterocycles. The topological polar surface area (TPSA) is 65.9 Å². The third kappa shape index (κ3) is 6.41. The van der Waals surface area contributed by atoms with Gasteiger partial charge in [-0.2, -0.15) is 11.8 Å². The maximum Gasteiger partial charge on any atom is 0.191 e. The number of hydrogen-bond acceptors (Lipinski definition) is 4. The van der Waals surface area contributed by atoms with Crippen LogP contribution in [0.15, 0.2) is 4.99 Å². The fourth-order valence-corrected chi connectivity index (χ4v) is 3.98. The minimum Gasteiger partial charge on any atom is -0.396 e. The van der Waals surface area contributed by atoms with Crippen molar-refractivity contribution in [3.63, 3.8) is 0 Å². The predicted octanol–water partition coefficient (Wildman–Crippen LogP) is 1.84. The van der Waals surface area contributed by atoms with Gasteiger partial charge in [0.2, 0.25) is 0 Å². The van der Waals surface area contributed by atoms with E-state index in [1.54, 1.807) is 0 Å². The second kappa shape index (κ2) is 10.9. The molecule has 2 saturated heterocycles. The molecule has 7 heteroatoms. The quantitative estimate of drug-likeness (QED) is 0.332. The molecule has 1 unspecified atom stereocenters. The third-order valence-corrected chi connectivity index (χ3v) is 5.72. The summed E-state index contributed by atoms with van der Waals surface area (Å²) >= 11 is 2.05. The molecule has 0 saturated carbocycles. The predicted molar refractivity (Wildman–Crippen MR) is 104 cm³/mol. The van der Waals surface area contributed by atoms with Crippen LogP contribution in [0.5, 0.6) is 0 Å². The number of nitrogens with zero attached hydrogens (tertiary/aromatic N) is 1. The number of thioether (sulfide) groups is 1. The molecular formula is C15H30IN3O2S. The first-order valence-electron chi connectivity index (χ1n) is 8.10. The largest absolute Gasteiger partial charge is 0.396 e. The number of hydrogen-bond donors (Lipinski definition) is 3. The first-order valence-corrected chi connectivity index (χ1v) is 9.15. The molecule has 2 aliphatic rings. The van der Waals surface area contributed by atoms with Crippen LogP contribution in [0.1, 0.15) is 32.6 Å². The lowest BCUT2D eigenvalue weighted by Crippen LogP contribution is -2.42. The van der Waals surface area contributed by atoms with E-state index in [1.807, 2.05) is 0 Å². The van der Waals surface area contributed by atoms with Gasteiger partial charge in [-0.25, -0.2) is 0 Å². The molecule has 0 spiro atoms. The Balaban J connectivity index is 0.00000242. The van der Waals surface area contributed by atoms with Gasteiger partial charge in [-0.1, -0.05) is 0 Å². The standard InChI is InChI=1S/C15H29N3O2S.HI/c1-2-16-14(17-10-13-4-3-9-21-13)18-11-15(12-19)5-7-20-8-6-15;/h13,19H,2-12H2,1H3,(H2,16,17,18);1H. The molecule has 3 N–H and O–H groups in total. The van der Waals surface area contributed by atoms with E-state index >= 15 is 0 Å². The number of halogens is 1. The van der Waals surface area contributed by atoms with E-state index in [0.717, 1.165) is 45.1 Å². The van der Waals surface area contributed by atoms with Crippen molar-refractivity contribution in [3.05, 3.63) is 0 Å². The highest BCUT2D eigenvalue weighted by Gasteiger charge is 2.31. The average Bonchev–Trinajstić information content (AvgIpc) is 3.04. The summed E-state index contributed by atoms with van der Waals surface area (Å²) < 4.78 is 5.40. The zero-order valence-corrected chi connectivity index (χ0v) is 16.6. The van der Waals surface area contributed by atoms with Crippen molar-refractivity contribution in [2.24, 2.45) is 10.4 Å². The van der Waals surface area contributed by atoms with Crippen LogP contribution < -0.4 is 10.6 Å². The number of aliphatic imine (C=N–C) groups is 1. The summed E-state index contributed by atoms with van der Waals surface area (Å²) in [7, 11) is 0. The van der Waals surface area contributed by atoms with Gasteiger partial charge in [0, 0.05) is 37.0 Å². The molecule has 130 valence electrons. The van der Waals surface area contributed by atoms with E-state index in [0.29, 0.717) is 11.8 Å². The Labute approximate surface area is 155 Å². The second-order valence-corrected chi connectivity index (χ2v) is 7.39. The summed E-state index contributed by atoms with van der Waals surface area (Å²) in [5.41, 5.74) is -0.0945. The number of ether oxygens (including phenoxy) is 1. The summed E-state index contributed by atoms with van der Waals surface area (Å²) in [5.74, 6) is 2.16. The Morgan fingerprint density at radius 3 is 2.73 bits per heavy atom. The lowest BCUT2D eigenvalue weighted by Gasteiger charge is -2.34. The van der Waals surface area contributed by atoms with Crippen LogP contribution in [0, 0.1) is 5.41 Å². The monoisotopic (exact) mass is 443 g/mol. The fraction of sp³-hybridized carbons (Fsp3) is 0.933. The molecule has 0 amide bonds. The van der Waals surface area contributed by atoms with Crippen LogP contribution in [0.4, 0.5) is 0 Å².